The molecule has 0 radical (unpaired) electrons. The van der Waals surface area contributed by atoms with Crippen molar-refractivity contribution in [1.29, 1.82) is 0 Å². The van der Waals surface area contributed by atoms with Crippen molar-refractivity contribution in [1.82, 2.24) is 14.9 Å². The summed E-state index contributed by atoms with van der Waals surface area (Å²) in [7, 11) is 0. The lowest BCUT2D eigenvalue weighted by Gasteiger charge is -2.28. The number of fused-ring (bicyclic) bond motifs is 2. The molecule has 2 aromatic heterocycles. The monoisotopic (exact) mass is 536 g/mol. The van der Waals surface area contributed by atoms with E-state index in [0.29, 0.717) is 12.1 Å². The molecule has 0 bridgehead atoms. The topological polar surface area (TPSA) is 58.6 Å². The van der Waals surface area contributed by atoms with Gasteiger partial charge in [0.1, 0.15) is 0 Å². The number of hydrogen-bond acceptors (Lipinski definition) is 6. The van der Waals surface area contributed by atoms with Gasteiger partial charge in [-0.1, -0.05) is 59.9 Å². The van der Waals surface area contributed by atoms with Gasteiger partial charge in [0.05, 0.1) is 40.2 Å². The molecule has 1 amide bonds. The van der Waals surface area contributed by atoms with Gasteiger partial charge in [-0.15, -0.1) is 0 Å². The molecule has 0 aliphatic carbocycles. The lowest BCUT2D eigenvalue weighted by Crippen LogP contribution is -2.39. The maximum atomic E-state index is 14.5. The van der Waals surface area contributed by atoms with Gasteiger partial charge >= 0.3 is 0 Å². The summed E-state index contributed by atoms with van der Waals surface area (Å²) >= 11 is 1.59. The van der Waals surface area contributed by atoms with Gasteiger partial charge in [-0.25, -0.2) is 9.97 Å². The molecule has 5 aromatic rings. The number of anilines is 1. The first-order valence-electron chi connectivity index (χ1n) is 13.5. The molecule has 0 atom stereocenters. The molecule has 0 unspecified atom stereocenters. The van der Waals surface area contributed by atoms with Crippen LogP contribution in [-0.2, 0) is 4.74 Å². The highest BCUT2D eigenvalue weighted by atomic mass is 32.1. The Morgan fingerprint density at radius 1 is 0.923 bits per heavy atom. The number of aromatic nitrogens is 2. The van der Waals surface area contributed by atoms with Gasteiger partial charge in [0.2, 0.25) is 0 Å². The summed E-state index contributed by atoms with van der Waals surface area (Å²) in [4.78, 5) is 28.6. The van der Waals surface area contributed by atoms with E-state index in [2.05, 4.69) is 30.9 Å². The minimum absolute atomic E-state index is 0.0414. The van der Waals surface area contributed by atoms with Crippen LogP contribution in [0.4, 0.5) is 5.13 Å². The Morgan fingerprint density at radius 3 is 2.49 bits per heavy atom. The van der Waals surface area contributed by atoms with Gasteiger partial charge < -0.3 is 4.74 Å². The highest BCUT2D eigenvalue weighted by Gasteiger charge is 2.25. The van der Waals surface area contributed by atoms with E-state index in [9.17, 15) is 4.79 Å². The molecule has 0 N–H and O–H groups in total. The van der Waals surface area contributed by atoms with Crippen LogP contribution in [0.3, 0.4) is 0 Å². The fraction of sp³-hybridized carbons (Fsp3) is 0.281. The average molecular weight is 537 g/mol. The van der Waals surface area contributed by atoms with E-state index < -0.39 is 0 Å². The van der Waals surface area contributed by atoms with Crippen LogP contribution in [0.5, 0.6) is 0 Å². The third-order valence-electron chi connectivity index (χ3n) is 7.44. The van der Waals surface area contributed by atoms with Crippen LogP contribution in [-0.4, -0.2) is 60.2 Å². The van der Waals surface area contributed by atoms with Crippen LogP contribution in [0.1, 0.15) is 27.9 Å². The number of thiazole rings is 1. The summed E-state index contributed by atoms with van der Waals surface area (Å²) in [6, 6.07) is 24.2. The number of rotatable bonds is 7. The molecule has 3 aromatic carbocycles. The summed E-state index contributed by atoms with van der Waals surface area (Å²) in [6.07, 6.45) is 0.855. The molecular formula is C32H32N4O2S. The van der Waals surface area contributed by atoms with Crippen molar-refractivity contribution in [2.45, 2.75) is 20.3 Å². The second-order valence-electron chi connectivity index (χ2n) is 10.1. The average Bonchev–Trinajstić information content (AvgIpc) is 3.37. The molecule has 1 aliphatic rings. The molecule has 198 valence electrons. The number of aryl methyl sites for hydroxylation is 2. The Kier molecular flexibility index (Phi) is 7.37. The standard InChI is InChI=1S/C32H32N4O2S/c1-22-19-29-30(20-23(22)2)39-32(34-29)36(14-8-13-35-15-17-38-18-16-35)31(37)26-21-28(24-9-4-3-5-10-24)33-27-12-7-6-11-25(26)27/h3-7,9-12,19-21H,8,13-18H2,1-2H3. The number of hydrogen-bond donors (Lipinski definition) is 0. The Bertz CT molecular complexity index is 1590. The molecule has 1 fully saturated rings. The van der Waals surface area contributed by atoms with Crippen molar-refractivity contribution in [3.05, 3.63) is 89.5 Å². The number of para-hydroxylation sites is 1. The predicted octanol–water partition coefficient (Wildman–Crippen LogP) is 6.50. The lowest BCUT2D eigenvalue weighted by atomic mass is 10.0. The molecule has 6 rings (SSSR count). The van der Waals surface area contributed by atoms with Crippen LogP contribution >= 0.6 is 11.3 Å². The van der Waals surface area contributed by atoms with Crippen LogP contribution in [0, 0.1) is 13.8 Å². The fourth-order valence-electron chi connectivity index (χ4n) is 5.10. The molecule has 0 spiro atoms. The van der Waals surface area contributed by atoms with Crippen LogP contribution in [0.15, 0.2) is 72.8 Å². The predicted molar refractivity (Wildman–Crippen MR) is 160 cm³/mol. The Labute approximate surface area is 232 Å². The first-order chi connectivity index (χ1) is 19.1. The summed E-state index contributed by atoms with van der Waals surface area (Å²) < 4.78 is 6.61. The normalized spacial score (nSPS) is 14.2. The van der Waals surface area contributed by atoms with Crippen LogP contribution in [0.2, 0.25) is 0 Å². The molecule has 1 saturated heterocycles. The Balaban J connectivity index is 1.40. The number of morpholine rings is 1. The minimum Gasteiger partial charge on any atom is -0.379 e. The molecule has 3 heterocycles. The first kappa shape index (κ1) is 25.6. The molecule has 0 saturated carbocycles. The zero-order valence-electron chi connectivity index (χ0n) is 22.4. The van der Waals surface area contributed by atoms with E-state index in [-0.39, 0.29) is 5.91 Å². The highest BCUT2D eigenvalue weighted by Crippen LogP contribution is 2.33. The van der Waals surface area contributed by atoms with E-state index in [0.717, 1.165) is 76.8 Å². The summed E-state index contributed by atoms with van der Waals surface area (Å²) in [5.74, 6) is -0.0414. The lowest BCUT2D eigenvalue weighted by molar-refractivity contribution is 0.0376. The smallest absolute Gasteiger partial charge is 0.260 e. The molecular weight excluding hydrogens is 504 g/mol. The summed E-state index contributed by atoms with van der Waals surface area (Å²) in [5.41, 5.74) is 6.62. The van der Waals surface area contributed by atoms with Gasteiger partial charge in [0, 0.05) is 37.1 Å². The Hall–Kier alpha value is -3.65. The van der Waals surface area contributed by atoms with Gasteiger partial charge in [0.15, 0.2) is 5.13 Å². The van der Waals surface area contributed by atoms with Gasteiger partial charge in [-0.3, -0.25) is 14.6 Å². The molecule has 39 heavy (non-hydrogen) atoms. The third kappa shape index (κ3) is 5.43. The highest BCUT2D eigenvalue weighted by molar-refractivity contribution is 7.22. The van der Waals surface area contributed by atoms with E-state index in [1.165, 1.54) is 11.1 Å². The van der Waals surface area contributed by atoms with Crippen LogP contribution in [0.25, 0.3) is 32.4 Å². The van der Waals surface area contributed by atoms with E-state index in [4.69, 9.17) is 14.7 Å². The second-order valence-corrected chi connectivity index (χ2v) is 11.1. The van der Waals surface area contributed by atoms with Crippen LogP contribution < -0.4 is 4.90 Å². The van der Waals surface area contributed by atoms with Crippen molar-refractivity contribution in [3.8, 4) is 11.3 Å². The number of carbonyl (C=O) groups is 1. The largest absolute Gasteiger partial charge is 0.379 e. The molecule has 7 heteroatoms. The van der Waals surface area contributed by atoms with Crippen molar-refractivity contribution in [2.75, 3.05) is 44.3 Å². The maximum absolute atomic E-state index is 14.5. The third-order valence-corrected chi connectivity index (χ3v) is 8.49. The first-order valence-corrected chi connectivity index (χ1v) is 14.3. The zero-order chi connectivity index (χ0) is 26.8. The summed E-state index contributed by atoms with van der Waals surface area (Å²) in [6.45, 7) is 9.13. The SMILES string of the molecule is Cc1cc2nc(N(CCCN3CCOCC3)C(=O)c3cc(-c4ccccc4)nc4ccccc34)sc2cc1C. The fourth-order valence-corrected chi connectivity index (χ4v) is 6.17. The quantitative estimate of drug-likeness (QED) is 0.238. The number of ether oxygens (including phenoxy) is 1. The van der Waals surface area contributed by atoms with Crippen molar-refractivity contribution in [3.63, 3.8) is 0 Å². The van der Waals surface area contributed by atoms with E-state index >= 15 is 0 Å². The van der Waals surface area contributed by atoms with Gasteiger partial charge in [0.25, 0.3) is 5.91 Å². The number of amides is 1. The number of nitrogens with zero attached hydrogens (tertiary/aromatic N) is 4. The molecule has 6 nitrogen and oxygen atoms in total. The van der Waals surface area contributed by atoms with E-state index in [1.54, 1.807) is 11.3 Å². The zero-order valence-corrected chi connectivity index (χ0v) is 23.2. The van der Waals surface area contributed by atoms with Crippen molar-refractivity contribution < 1.29 is 9.53 Å². The number of benzene rings is 3. The minimum atomic E-state index is -0.0414. The van der Waals surface area contributed by atoms with Gasteiger partial charge in [-0.05, 0) is 55.7 Å². The number of pyridine rings is 1. The maximum Gasteiger partial charge on any atom is 0.260 e. The summed E-state index contributed by atoms with van der Waals surface area (Å²) in [5, 5.41) is 1.59. The Morgan fingerprint density at radius 2 is 1.67 bits per heavy atom. The molecule has 1 aliphatic heterocycles. The van der Waals surface area contributed by atoms with Gasteiger partial charge in [-0.2, -0.15) is 0 Å². The number of carbonyl (C=O) groups excluding carboxylic acids is 1. The van der Waals surface area contributed by atoms with Crippen molar-refractivity contribution >= 4 is 43.5 Å². The van der Waals surface area contributed by atoms with E-state index in [1.807, 2.05) is 65.6 Å². The van der Waals surface area contributed by atoms with Crippen molar-refractivity contribution in [2.24, 2.45) is 0 Å². The second kappa shape index (κ2) is 11.2.